The summed E-state index contributed by atoms with van der Waals surface area (Å²) in [4.78, 5) is 47.8. The molecule has 31 heavy (non-hydrogen) atoms. The molecule has 0 fully saturated rings. The van der Waals surface area contributed by atoms with Crippen molar-refractivity contribution in [2.24, 2.45) is 0 Å². The fourth-order valence-electron chi connectivity index (χ4n) is 2.83. The molecule has 168 valence electrons. The number of benzene rings is 1. The Morgan fingerprint density at radius 1 is 1.16 bits per heavy atom. The maximum atomic E-state index is 12.2. The summed E-state index contributed by atoms with van der Waals surface area (Å²) in [5.74, 6) is -1.38. The molecular weight excluding hydrogens is 422 g/mol. The van der Waals surface area contributed by atoms with Crippen molar-refractivity contribution >= 4 is 41.3 Å². The van der Waals surface area contributed by atoms with Crippen LogP contribution in [-0.2, 0) is 23.9 Å². The fraction of sp³-hybridized carbons (Fsp3) is 0.429. The SMILES string of the molecule is CCOC(=O)C1=C(CSCC(=O)OCC(=O)Nc2ccc(C)c(C)c2)NC(=O)NC1C. The van der Waals surface area contributed by atoms with Crippen LogP contribution in [0, 0.1) is 13.8 Å². The summed E-state index contributed by atoms with van der Waals surface area (Å²) in [5, 5.41) is 7.87. The maximum absolute atomic E-state index is 12.2. The van der Waals surface area contributed by atoms with Crippen LogP contribution in [0.5, 0.6) is 0 Å². The van der Waals surface area contributed by atoms with Crippen LogP contribution < -0.4 is 16.0 Å². The van der Waals surface area contributed by atoms with Crippen LogP contribution in [0.4, 0.5) is 10.5 Å². The van der Waals surface area contributed by atoms with E-state index in [2.05, 4.69) is 16.0 Å². The van der Waals surface area contributed by atoms with E-state index in [1.807, 2.05) is 26.0 Å². The number of hydrogen-bond donors (Lipinski definition) is 3. The molecule has 1 heterocycles. The van der Waals surface area contributed by atoms with Gasteiger partial charge in [-0.3, -0.25) is 9.59 Å². The number of rotatable bonds is 9. The molecule has 0 radical (unpaired) electrons. The molecule has 1 unspecified atom stereocenters. The Morgan fingerprint density at radius 3 is 2.58 bits per heavy atom. The van der Waals surface area contributed by atoms with Gasteiger partial charge in [0.05, 0.1) is 24.0 Å². The van der Waals surface area contributed by atoms with Crippen LogP contribution in [0.2, 0.25) is 0 Å². The molecule has 3 N–H and O–H groups in total. The molecule has 1 atom stereocenters. The van der Waals surface area contributed by atoms with Gasteiger partial charge in [0.25, 0.3) is 5.91 Å². The number of nitrogens with one attached hydrogen (secondary N) is 3. The lowest BCUT2D eigenvalue weighted by Crippen LogP contribution is -2.49. The van der Waals surface area contributed by atoms with E-state index in [1.165, 1.54) is 0 Å². The molecule has 1 aliphatic rings. The standard InChI is InChI=1S/C21H27N3O6S/c1-5-29-20(27)19-14(4)22-21(28)24-16(19)10-31-11-18(26)30-9-17(25)23-15-7-6-12(2)13(3)8-15/h6-8,14H,5,9-11H2,1-4H3,(H,23,25)(H2,22,24,28). The molecule has 0 bridgehead atoms. The van der Waals surface area contributed by atoms with E-state index in [0.717, 1.165) is 22.9 Å². The third-order valence-electron chi connectivity index (χ3n) is 4.49. The van der Waals surface area contributed by atoms with Gasteiger partial charge in [0.2, 0.25) is 0 Å². The summed E-state index contributed by atoms with van der Waals surface area (Å²) < 4.78 is 10.0. The van der Waals surface area contributed by atoms with Gasteiger partial charge in [-0.15, -0.1) is 11.8 Å². The van der Waals surface area contributed by atoms with Crippen molar-refractivity contribution in [2.75, 3.05) is 30.0 Å². The number of ether oxygens (including phenoxy) is 2. The summed E-state index contributed by atoms with van der Waals surface area (Å²) in [5.41, 5.74) is 3.49. The molecule has 1 aromatic rings. The van der Waals surface area contributed by atoms with Crippen molar-refractivity contribution in [3.8, 4) is 0 Å². The number of aryl methyl sites for hydroxylation is 2. The second-order valence-electron chi connectivity index (χ2n) is 6.93. The number of thioether (sulfide) groups is 1. The number of esters is 2. The van der Waals surface area contributed by atoms with Crippen LogP contribution in [-0.4, -0.2) is 54.6 Å². The summed E-state index contributed by atoms with van der Waals surface area (Å²) in [6, 6.07) is 4.58. The molecule has 10 heteroatoms. The maximum Gasteiger partial charge on any atom is 0.337 e. The smallest absolute Gasteiger partial charge is 0.337 e. The predicted molar refractivity (Wildman–Crippen MR) is 118 cm³/mol. The average Bonchev–Trinajstić information content (AvgIpc) is 2.69. The quantitative estimate of drug-likeness (QED) is 0.493. The summed E-state index contributed by atoms with van der Waals surface area (Å²) in [6.07, 6.45) is 0. The largest absolute Gasteiger partial charge is 0.463 e. The first-order valence-corrected chi connectivity index (χ1v) is 10.9. The van der Waals surface area contributed by atoms with E-state index in [9.17, 15) is 19.2 Å². The van der Waals surface area contributed by atoms with Gasteiger partial charge in [0.1, 0.15) is 0 Å². The number of carbonyl (C=O) groups is 4. The lowest BCUT2D eigenvalue weighted by atomic mass is 10.1. The minimum Gasteiger partial charge on any atom is -0.463 e. The monoisotopic (exact) mass is 449 g/mol. The average molecular weight is 450 g/mol. The minimum absolute atomic E-state index is 0.0474. The first-order chi connectivity index (χ1) is 14.7. The lowest BCUT2D eigenvalue weighted by molar-refractivity contribution is -0.144. The minimum atomic E-state index is -0.577. The van der Waals surface area contributed by atoms with Crippen molar-refractivity contribution in [2.45, 2.75) is 33.7 Å². The van der Waals surface area contributed by atoms with Gasteiger partial charge in [0, 0.05) is 17.1 Å². The second-order valence-corrected chi connectivity index (χ2v) is 7.92. The Labute approximate surface area is 185 Å². The van der Waals surface area contributed by atoms with Crippen molar-refractivity contribution in [1.82, 2.24) is 10.6 Å². The number of amides is 3. The van der Waals surface area contributed by atoms with Crippen molar-refractivity contribution < 1.29 is 28.7 Å². The lowest BCUT2D eigenvalue weighted by Gasteiger charge is -2.26. The van der Waals surface area contributed by atoms with Gasteiger partial charge in [-0.25, -0.2) is 9.59 Å². The number of urea groups is 1. The normalized spacial score (nSPS) is 15.6. The van der Waals surface area contributed by atoms with Gasteiger partial charge in [-0.05, 0) is 51.0 Å². The van der Waals surface area contributed by atoms with E-state index in [1.54, 1.807) is 19.9 Å². The van der Waals surface area contributed by atoms with E-state index < -0.39 is 36.5 Å². The second kappa shape index (κ2) is 11.4. The van der Waals surface area contributed by atoms with Gasteiger partial charge in [0.15, 0.2) is 6.61 Å². The molecule has 9 nitrogen and oxygen atoms in total. The van der Waals surface area contributed by atoms with Gasteiger partial charge in [-0.2, -0.15) is 0 Å². The Morgan fingerprint density at radius 2 is 1.90 bits per heavy atom. The zero-order chi connectivity index (χ0) is 23.0. The zero-order valence-electron chi connectivity index (χ0n) is 18.0. The Kier molecular flexibility index (Phi) is 8.92. The molecule has 3 amide bonds. The molecule has 0 aliphatic carbocycles. The zero-order valence-corrected chi connectivity index (χ0v) is 18.8. The van der Waals surface area contributed by atoms with Crippen molar-refractivity contribution in [3.05, 3.63) is 40.6 Å². The van der Waals surface area contributed by atoms with Crippen LogP contribution in [0.15, 0.2) is 29.5 Å². The molecule has 0 aromatic heterocycles. The molecule has 0 saturated heterocycles. The third-order valence-corrected chi connectivity index (χ3v) is 5.42. The summed E-state index contributed by atoms with van der Waals surface area (Å²) >= 11 is 1.16. The number of anilines is 1. The Hall–Kier alpha value is -3.01. The molecule has 0 saturated carbocycles. The van der Waals surface area contributed by atoms with Crippen molar-refractivity contribution in [1.29, 1.82) is 0 Å². The van der Waals surface area contributed by atoms with Crippen molar-refractivity contribution in [3.63, 3.8) is 0 Å². The highest BCUT2D eigenvalue weighted by Gasteiger charge is 2.29. The van der Waals surface area contributed by atoms with Gasteiger partial charge < -0.3 is 25.4 Å². The number of hydrogen-bond acceptors (Lipinski definition) is 7. The molecule has 2 rings (SSSR count). The van der Waals surface area contributed by atoms with E-state index in [-0.39, 0.29) is 18.1 Å². The summed E-state index contributed by atoms with van der Waals surface area (Å²) in [6.45, 7) is 7.09. The van der Waals surface area contributed by atoms with Crippen LogP contribution >= 0.6 is 11.8 Å². The predicted octanol–water partition coefficient (Wildman–Crippen LogP) is 2.04. The van der Waals surface area contributed by atoms with E-state index in [0.29, 0.717) is 17.0 Å². The summed E-state index contributed by atoms with van der Waals surface area (Å²) in [7, 11) is 0. The van der Waals surface area contributed by atoms with E-state index >= 15 is 0 Å². The molecular formula is C21H27N3O6S. The highest BCUT2D eigenvalue weighted by molar-refractivity contribution is 8.00. The molecule has 0 spiro atoms. The Balaban J connectivity index is 1.82. The Bertz CT molecular complexity index is 899. The highest BCUT2D eigenvalue weighted by atomic mass is 32.2. The fourth-order valence-corrected chi connectivity index (χ4v) is 3.62. The first-order valence-electron chi connectivity index (χ1n) is 9.79. The molecule has 1 aliphatic heterocycles. The van der Waals surface area contributed by atoms with Gasteiger partial charge in [-0.1, -0.05) is 6.07 Å². The van der Waals surface area contributed by atoms with Crippen LogP contribution in [0.1, 0.15) is 25.0 Å². The topological polar surface area (TPSA) is 123 Å². The van der Waals surface area contributed by atoms with Gasteiger partial charge >= 0.3 is 18.0 Å². The number of carbonyl (C=O) groups excluding carboxylic acids is 4. The van der Waals surface area contributed by atoms with Crippen LogP contribution in [0.3, 0.4) is 0 Å². The highest BCUT2D eigenvalue weighted by Crippen LogP contribution is 2.18. The first kappa shape index (κ1) is 24.3. The van der Waals surface area contributed by atoms with E-state index in [4.69, 9.17) is 9.47 Å². The molecule has 1 aromatic carbocycles. The third kappa shape index (κ3) is 7.32. The van der Waals surface area contributed by atoms with Crippen LogP contribution in [0.25, 0.3) is 0 Å².